The van der Waals surface area contributed by atoms with Gasteiger partial charge in [-0.05, 0) is 18.8 Å². The second-order valence-electron chi connectivity index (χ2n) is 4.87. The maximum absolute atomic E-state index is 5.97. The van der Waals surface area contributed by atoms with E-state index < -0.39 is 0 Å². The Balaban J connectivity index is 2.44. The van der Waals surface area contributed by atoms with Crippen molar-refractivity contribution < 1.29 is 0 Å². The Morgan fingerprint density at radius 1 is 1.25 bits per heavy atom. The van der Waals surface area contributed by atoms with E-state index in [1.165, 1.54) is 12.8 Å². The molecule has 1 rings (SSSR count). The summed E-state index contributed by atoms with van der Waals surface area (Å²) in [6, 6.07) is 0.449. The molecule has 3 atom stereocenters. The van der Waals surface area contributed by atoms with Gasteiger partial charge in [0.25, 0.3) is 0 Å². The highest BCUT2D eigenvalue weighted by Crippen LogP contribution is 2.40. The van der Waals surface area contributed by atoms with Crippen LogP contribution in [0.25, 0.3) is 0 Å². The minimum absolute atomic E-state index is 0.392. The number of rotatable bonds is 1. The molecule has 12 heavy (non-hydrogen) atoms. The standard InChI is InChI=1S/C10H21NS/c1-7-8(11)5-6-9(7)12-10(2,3)4/h7-9H,5-6,11H2,1-4H3. The van der Waals surface area contributed by atoms with Crippen molar-refractivity contribution >= 4 is 11.8 Å². The van der Waals surface area contributed by atoms with E-state index in [4.69, 9.17) is 5.73 Å². The Labute approximate surface area is 80.5 Å². The predicted octanol–water partition coefficient (Wildman–Crippen LogP) is 2.64. The second-order valence-corrected chi connectivity index (χ2v) is 6.93. The van der Waals surface area contributed by atoms with E-state index in [1.54, 1.807) is 0 Å². The molecule has 0 saturated heterocycles. The van der Waals surface area contributed by atoms with Gasteiger partial charge in [-0.1, -0.05) is 27.7 Å². The van der Waals surface area contributed by atoms with Crippen molar-refractivity contribution in [3.8, 4) is 0 Å². The molecular weight excluding hydrogens is 166 g/mol. The summed E-state index contributed by atoms with van der Waals surface area (Å²) in [5.41, 5.74) is 5.97. The molecule has 1 nitrogen and oxygen atoms in total. The van der Waals surface area contributed by atoms with Crippen LogP contribution in [0.3, 0.4) is 0 Å². The Hall–Kier alpha value is 0.310. The molecule has 2 heteroatoms. The SMILES string of the molecule is CC1C(N)CCC1SC(C)(C)C. The average molecular weight is 187 g/mol. The third-order valence-corrected chi connectivity index (χ3v) is 4.23. The summed E-state index contributed by atoms with van der Waals surface area (Å²) in [5.74, 6) is 0.703. The summed E-state index contributed by atoms with van der Waals surface area (Å²) < 4.78 is 0.392. The molecular formula is C10H21NS. The molecule has 0 heterocycles. The average Bonchev–Trinajstić information content (AvgIpc) is 2.16. The van der Waals surface area contributed by atoms with Gasteiger partial charge in [0.05, 0.1) is 0 Å². The van der Waals surface area contributed by atoms with Crippen molar-refractivity contribution in [3.05, 3.63) is 0 Å². The fourth-order valence-electron chi connectivity index (χ4n) is 1.78. The minimum Gasteiger partial charge on any atom is -0.327 e. The van der Waals surface area contributed by atoms with Gasteiger partial charge < -0.3 is 5.73 Å². The highest BCUT2D eigenvalue weighted by atomic mass is 32.2. The van der Waals surface area contributed by atoms with Gasteiger partial charge >= 0.3 is 0 Å². The fraction of sp³-hybridized carbons (Fsp3) is 1.00. The van der Waals surface area contributed by atoms with Crippen molar-refractivity contribution in [2.24, 2.45) is 11.7 Å². The number of hydrogen-bond acceptors (Lipinski definition) is 2. The zero-order chi connectivity index (χ0) is 9.35. The third kappa shape index (κ3) is 2.67. The van der Waals surface area contributed by atoms with Crippen molar-refractivity contribution in [1.29, 1.82) is 0 Å². The lowest BCUT2D eigenvalue weighted by molar-refractivity contribution is 0.532. The van der Waals surface area contributed by atoms with E-state index in [-0.39, 0.29) is 0 Å². The molecule has 1 aliphatic rings. The number of nitrogens with two attached hydrogens (primary N) is 1. The lowest BCUT2D eigenvalue weighted by Crippen LogP contribution is -2.27. The Morgan fingerprint density at radius 2 is 1.83 bits per heavy atom. The largest absolute Gasteiger partial charge is 0.327 e. The van der Waals surface area contributed by atoms with Crippen LogP contribution in [-0.4, -0.2) is 16.0 Å². The maximum atomic E-state index is 5.97. The zero-order valence-corrected chi connectivity index (χ0v) is 9.45. The topological polar surface area (TPSA) is 26.0 Å². The normalized spacial score (nSPS) is 37.2. The summed E-state index contributed by atoms with van der Waals surface area (Å²) >= 11 is 2.10. The summed E-state index contributed by atoms with van der Waals surface area (Å²) in [5, 5.41) is 0.792. The van der Waals surface area contributed by atoms with E-state index in [2.05, 4.69) is 39.5 Å². The molecule has 0 radical (unpaired) electrons. The van der Waals surface area contributed by atoms with Gasteiger partial charge in [-0.2, -0.15) is 11.8 Å². The minimum atomic E-state index is 0.392. The van der Waals surface area contributed by atoms with E-state index in [0.29, 0.717) is 16.7 Å². The van der Waals surface area contributed by atoms with Crippen molar-refractivity contribution in [2.45, 2.75) is 56.6 Å². The quantitative estimate of drug-likeness (QED) is 0.683. The maximum Gasteiger partial charge on any atom is 0.00932 e. The first-order valence-corrected chi connectivity index (χ1v) is 5.71. The molecule has 1 aliphatic carbocycles. The molecule has 0 spiro atoms. The van der Waals surface area contributed by atoms with Crippen LogP contribution in [-0.2, 0) is 0 Å². The van der Waals surface area contributed by atoms with Gasteiger partial charge in [0.2, 0.25) is 0 Å². The van der Waals surface area contributed by atoms with Gasteiger partial charge in [0, 0.05) is 16.0 Å². The number of thioether (sulfide) groups is 1. The van der Waals surface area contributed by atoms with E-state index in [0.717, 1.165) is 5.25 Å². The molecule has 0 aliphatic heterocycles. The highest BCUT2D eigenvalue weighted by Gasteiger charge is 2.33. The Kier molecular flexibility index (Phi) is 3.11. The first-order valence-electron chi connectivity index (χ1n) is 4.83. The van der Waals surface area contributed by atoms with E-state index in [9.17, 15) is 0 Å². The lowest BCUT2D eigenvalue weighted by atomic mass is 10.1. The van der Waals surface area contributed by atoms with E-state index >= 15 is 0 Å². The Bertz CT molecular complexity index is 150. The smallest absolute Gasteiger partial charge is 0.00932 e. The second kappa shape index (κ2) is 3.59. The van der Waals surface area contributed by atoms with E-state index in [1.807, 2.05) is 0 Å². The van der Waals surface area contributed by atoms with Crippen LogP contribution in [0.15, 0.2) is 0 Å². The van der Waals surface area contributed by atoms with Crippen LogP contribution in [0, 0.1) is 5.92 Å². The summed E-state index contributed by atoms with van der Waals surface area (Å²) in [6.45, 7) is 9.15. The van der Waals surface area contributed by atoms with Crippen molar-refractivity contribution in [1.82, 2.24) is 0 Å². The van der Waals surface area contributed by atoms with Gasteiger partial charge in [-0.3, -0.25) is 0 Å². The van der Waals surface area contributed by atoms with Gasteiger partial charge in [-0.25, -0.2) is 0 Å². The molecule has 0 amide bonds. The first-order chi connectivity index (χ1) is 5.40. The molecule has 3 unspecified atom stereocenters. The van der Waals surface area contributed by atoms with Crippen LogP contribution >= 0.6 is 11.8 Å². The number of hydrogen-bond donors (Lipinski definition) is 1. The third-order valence-electron chi connectivity index (χ3n) is 2.55. The fourth-order valence-corrected chi connectivity index (χ4v) is 3.36. The molecule has 0 aromatic carbocycles. The molecule has 1 fully saturated rings. The summed E-state index contributed by atoms with van der Waals surface area (Å²) in [6.07, 6.45) is 2.53. The molecule has 0 aromatic heterocycles. The molecule has 0 aromatic rings. The van der Waals surface area contributed by atoms with Crippen LogP contribution in [0.5, 0.6) is 0 Å². The molecule has 2 N–H and O–H groups in total. The monoisotopic (exact) mass is 187 g/mol. The van der Waals surface area contributed by atoms with Crippen LogP contribution in [0.1, 0.15) is 40.5 Å². The van der Waals surface area contributed by atoms with Gasteiger partial charge in [0.1, 0.15) is 0 Å². The highest BCUT2D eigenvalue weighted by molar-refractivity contribution is 8.01. The predicted molar refractivity (Wildman–Crippen MR) is 57.5 cm³/mol. The lowest BCUT2D eigenvalue weighted by Gasteiger charge is -2.26. The molecule has 72 valence electrons. The van der Waals surface area contributed by atoms with Crippen LogP contribution < -0.4 is 5.73 Å². The molecule has 1 saturated carbocycles. The Morgan fingerprint density at radius 3 is 2.17 bits per heavy atom. The van der Waals surface area contributed by atoms with Crippen molar-refractivity contribution in [3.63, 3.8) is 0 Å². The first kappa shape index (κ1) is 10.4. The zero-order valence-electron chi connectivity index (χ0n) is 8.63. The van der Waals surface area contributed by atoms with Crippen LogP contribution in [0.4, 0.5) is 0 Å². The van der Waals surface area contributed by atoms with Crippen LogP contribution in [0.2, 0.25) is 0 Å². The van der Waals surface area contributed by atoms with Gasteiger partial charge in [-0.15, -0.1) is 0 Å². The summed E-state index contributed by atoms with van der Waals surface area (Å²) in [4.78, 5) is 0. The van der Waals surface area contributed by atoms with Crippen molar-refractivity contribution in [2.75, 3.05) is 0 Å². The molecule has 0 bridgehead atoms. The summed E-state index contributed by atoms with van der Waals surface area (Å²) in [7, 11) is 0. The van der Waals surface area contributed by atoms with Gasteiger partial charge in [0.15, 0.2) is 0 Å².